The second-order valence-corrected chi connectivity index (χ2v) is 8.16. The highest BCUT2D eigenvalue weighted by Gasteiger charge is 2.36. The number of nitrogens with one attached hydrogen (secondary N) is 1. The zero-order valence-corrected chi connectivity index (χ0v) is 20.6. The van der Waals surface area contributed by atoms with Gasteiger partial charge < -0.3 is 29.2 Å². The van der Waals surface area contributed by atoms with Crippen LogP contribution in [0.1, 0.15) is 36.5 Å². The molecule has 0 bridgehead atoms. The Bertz CT molecular complexity index is 1100. The van der Waals surface area contributed by atoms with E-state index in [1.165, 1.54) is 19.1 Å². The van der Waals surface area contributed by atoms with Crippen LogP contribution in [0.2, 0.25) is 0 Å². The van der Waals surface area contributed by atoms with Gasteiger partial charge in [0.15, 0.2) is 6.61 Å². The van der Waals surface area contributed by atoms with E-state index >= 15 is 0 Å². The van der Waals surface area contributed by atoms with Gasteiger partial charge in [-0.1, -0.05) is 13.3 Å². The van der Waals surface area contributed by atoms with E-state index in [2.05, 4.69) is 5.32 Å². The number of amides is 2. The van der Waals surface area contributed by atoms with Crippen molar-refractivity contribution in [2.24, 2.45) is 5.92 Å². The van der Waals surface area contributed by atoms with Crippen molar-refractivity contribution in [3.8, 4) is 11.5 Å². The molecule has 0 unspecified atom stereocenters. The van der Waals surface area contributed by atoms with E-state index in [1.54, 1.807) is 42.5 Å². The summed E-state index contributed by atoms with van der Waals surface area (Å²) in [7, 11) is 2.96. The predicted octanol–water partition coefficient (Wildman–Crippen LogP) is 3.20. The van der Waals surface area contributed by atoms with Gasteiger partial charge >= 0.3 is 11.9 Å². The number of hydrogen-bond donors (Lipinski definition) is 1. The van der Waals surface area contributed by atoms with Crippen molar-refractivity contribution < 1.29 is 38.1 Å². The quantitative estimate of drug-likeness (QED) is 0.370. The van der Waals surface area contributed by atoms with Crippen molar-refractivity contribution in [2.75, 3.05) is 44.2 Å². The van der Waals surface area contributed by atoms with Crippen LogP contribution in [0, 0.1) is 5.92 Å². The summed E-state index contributed by atoms with van der Waals surface area (Å²) < 4.78 is 20.7. The van der Waals surface area contributed by atoms with Crippen molar-refractivity contribution in [2.45, 2.75) is 26.2 Å². The number of benzene rings is 2. The fourth-order valence-electron chi connectivity index (χ4n) is 3.64. The van der Waals surface area contributed by atoms with Gasteiger partial charge in [-0.2, -0.15) is 0 Å². The third-order valence-electron chi connectivity index (χ3n) is 5.63. The molecule has 1 fully saturated rings. The lowest BCUT2D eigenvalue weighted by Gasteiger charge is -2.17. The van der Waals surface area contributed by atoms with Gasteiger partial charge in [0, 0.05) is 24.7 Å². The van der Waals surface area contributed by atoms with Crippen molar-refractivity contribution in [3.63, 3.8) is 0 Å². The molecule has 0 aliphatic carbocycles. The molecule has 1 N–H and O–H groups in total. The van der Waals surface area contributed by atoms with Gasteiger partial charge in [0.05, 0.1) is 38.0 Å². The van der Waals surface area contributed by atoms with E-state index < -0.39 is 30.4 Å². The first kappa shape index (κ1) is 26.5. The Morgan fingerprint density at radius 2 is 1.78 bits per heavy atom. The molecule has 36 heavy (non-hydrogen) atoms. The standard InChI is InChI=1S/C26H30N2O8/c1-4-5-12-35-25(31)17-6-8-19(9-7-17)28-15-18(13-24(28)30)26(32)36-16-23(29)27-21-14-20(33-2)10-11-22(21)34-3/h6-11,14,18H,4-5,12-13,15-16H2,1-3H3,(H,27,29)/t18-/m1/s1. The number of rotatable bonds is 11. The smallest absolute Gasteiger partial charge is 0.338 e. The monoisotopic (exact) mass is 498 g/mol. The SMILES string of the molecule is CCCCOC(=O)c1ccc(N2C[C@H](C(=O)OCC(=O)Nc3cc(OC)ccc3OC)CC2=O)cc1. The molecule has 1 heterocycles. The van der Waals surface area contributed by atoms with Crippen LogP contribution in [-0.4, -0.2) is 57.7 Å². The Labute approximate surface area is 209 Å². The number of esters is 2. The summed E-state index contributed by atoms with van der Waals surface area (Å²) >= 11 is 0. The van der Waals surface area contributed by atoms with Gasteiger partial charge in [-0.15, -0.1) is 0 Å². The molecule has 1 saturated heterocycles. The number of carbonyl (C=O) groups is 4. The highest BCUT2D eigenvalue weighted by atomic mass is 16.5. The number of anilines is 2. The average molecular weight is 499 g/mol. The minimum absolute atomic E-state index is 0.0367. The summed E-state index contributed by atoms with van der Waals surface area (Å²) in [5, 5.41) is 2.62. The van der Waals surface area contributed by atoms with Crippen LogP contribution >= 0.6 is 0 Å². The maximum atomic E-state index is 12.5. The van der Waals surface area contributed by atoms with E-state index in [4.69, 9.17) is 18.9 Å². The second kappa shape index (κ2) is 12.6. The largest absolute Gasteiger partial charge is 0.497 e. The molecule has 2 amide bonds. The molecule has 1 aliphatic rings. The number of hydrogen-bond acceptors (Lipinski definition) is 8. The van der Waals surface area contributed by atoms with Gasteiger partial charge in [-0.3, -0.25) is 14.4 Å². The zero-order chi connectivity index (χ0) is 26.1. The maximum Gasteiger partial charge on any atom is 0.338 e. The van der Waals surface area contributed by atoms with E-state index in [-0.39, 0.29) is 18.9 Å². The van der Waals surface area contributed by atoms with Gasteiger partial charge in [0.2, 0.25) is 5.91 Å². The number of unbranched alkanes of at least 4 members (excludes halogenated alkanes) is 1. The molecule has 192 valence electrons. The maximum absolute atomic E-state index is 12.5. The summed E-state index contributed by atoms with van der Waals surface area (Å²) in [5.74, 6) is -1.64. The normalized spacial score (nSPS) is 14.8. The highest BCUT2D eigenvalue weighted by Crippen LogP contribution is 2.29. The molecule has 2 aromatic rings. The van der Waals surface area contributed by atoms with Gasteiger partial charge in [-0.05, 0) is 42.8 Å². The molecular weight excluding hydrogens is 468 g/mol. The van der Waals surface area contributed by atoms with E-state index in [9.17, 15) is 19.2 Å². The molecule has 1 aliphatic heterocycles. The minimum Gasteiger partial charge on any atom is -0.497 e. The van der Waals surface area contributed by atoms with Gasteiger partial charge in [0.25, 0.3) is 5.91 Å². The molecule has 0 aromatic heterocycles. The lowest BCUT2D eigenvalue weighted by atomic mass is 10.1. The number of carbonyl (C=O) groups excluding carboxylic acids is 4. The van der Waals surface area contributed by atoms with Crippen LogP contribution in [-0.2, 0) is 23.9 Å². The third-order valence-corrected chi connectivity index (χ3v) is 5.63. The van der Waals surface area contributed by atoms with E-state index in [1.807, 2.05) is 6.92 Å². The van der Waals surface area contributed by atoms with Crippen molar-refractivity contribution in [1.29, 1.82) is 0 Å². The molecule has 0 spiro atoms. The first-order valence-electron chi connectivity index (χ1n) is 11.6. The van der Waals surface area contributed by atoms with Crippen molar-refractivity contribution in [3.05, 3.63) is 48.0 Å². The van der Waals surface area contributed by atoms with Crippen molar-refractivity contribution in [1.82, 2.24) is 0 Å². The number of nitrogens with zero attached hydrogens (tertiary/aromatic N) is 1. The Morgan fingerprint density at radius 3 is 2.44 bits per heavy atom. The van der Waals surface area contributed by atoms with Gasteiger partial charge in [-0.25, -0.2) is 4.79 Å². The Morgan fingerprint density at radius 1 is 1.03 bits per heavy atom. The minimum atomic E-state index is -0.713. The van der Waals surface area contributed by atoms with Crippen LogP contribution in [0.5, 0.6) is 11.5 Å². The molecule has 2 aromatic carbocycles. The molecule has 0 saturated carbocycles. The van der Waals surface area contributed by atoms with Crippen LogP contribution in [0.15, 0.2) is 42.5 Å². The topological polar surface area (TPSA) is 120 Å². The molecule has 10 nitrogen and oxygen atoms in total. The molecule has 10 heteroatoms. The predicted molar refractivity (Wildman–Crippen MR) is 131 cm³/mol. The van der Waals surface area contributed by atoms with Gasteiger partial charge in [0.1, 0.15) is 11.5 Å². The fourth-order valence-corrected chi connectivity index (χ4v) is 3.64. The molecule has 3 rings (SSSR count). The fraction of sp³-hybridized carbons (Fsp3) is 0.385. The first-order chi connectivity index (χ1) is 17.4. The Hall–Kier alpha value is -4.08. The molecule has 0 radical (unpaired) electrons. The van der Waals surface area contributed by atoms with E-state index in [0.717, 1.165) is 12.8 Å². The third kappa shape index (κ3) is 6.74. The van der Waals surface area contributed by atoms with Crippen molar-refractivity contribution >= 4 is 35.1 Å². The average Bonchev–Trinajstić information content (AvgIpc) is 3.29. The van der Waals surface area contributed by atoms with Crippen LogP contribution in [0.4, 0.5) is 11.4 Å². The second-order valence-electron chi connectivity index (χ2n) is 8.16. The summed E-state index contributed by atoms with van der Waals surface area (Å²) in [4.78, 5) is 50.9. The van der Waals surface area contributed by atoms with Crippen LogP contribution < -0.4 is 19.7 Å². The number of ether oxygens (including phenoxy) is 4. The molecular formula is C26H30N2O8. The zero-order valence-electron chi connectivity index (χ0n) is 20.6. The number of methoxy groups -OCH3 is 2. The lowest BCUT2D eigenvalue weighted by Crippen LogP contribution is -2.28. The lowest BCUT2D eigenvalue weighted by molar-refractivity contribution is -0.151. The molecule has 1 atom stereocenters. The van der Waals surface area contributed by atoms with Crippen LogP contribution in [0.25, 0.3) is 0 Å². The summed E-state index contributed by atoms with van der Waals surface area (Å²) in [6.07, 6.45) is 1.68. The van der Waals surface area contributed by atoms with Crippen LogP contribution in [0.3, 0.4) is 0 Å². The highest BCUT2D eigenvalue weighted by molar-refractivity contribution is 6.00. The Kier molecular flexibility index (Phi) is 9.26. The Balaban J connectivity index is 1.52. The summed E-state index contributed by atoms with van der Waals surface area (Å²) in [5.41, 5.74) is 1.32. The summed E-state index contributed by atoms with van der Waals surface area (Å²) in [6.45, 7) is 1.96. The first-order valence-corrected chi connectivity index (χ1v) is 11.6. The van der Waals surface area contributed by atoms with E-state index in [0.29, 0.717) is 35.0 Å². The summed E-state index contributed by atoms with van der Waals surface area (Å²) in [6, 6.07) is 11.3.